The Balaban J connectivity index is 1.54. The van der Waals surface area contributed by atoms with Gasteiger partial charge in [-0.2, -0.15) is 0 Å². The number of carbonyl (C=O) groups excluding carboxylic acids is 1. The number of nitrogens with zero attached hydrogens (tertiary/aromatic N) is 1. The Hall–Kier alpha value is -2.86. The molecular formula is C24H25FN2O3. The summed E-state index contributed by atoms with van der Waals surface area (Å²) in [6, 6.07) is 9.97. The summed E-state index contributed by atoms with van der Waals surface area (Å²) >= 11 is 0. The van der Waals surface area contributed by atoms with Gasteiger partial charge in [-0.1, -0.05) is 6.07 Å². The van der Waals surface area contributed by atoms with Crippen LogP contribution < -0.4 is 19.7 Å². The van der Waals surface area contributed by atoms with E-state index in [4.69, 9.17) is 9.47 Å². The number of nitrogens with one attached hydrogen (secondary N) is 1. The maximum Gasteiger partial charge on any atom is 0.163 e. The van der Waals surface area contributed by atoms with Crippen molar-refractivity contribution in [3.05, 3.63) is 52.8 Å². The van der Waals surface area contributed by atoms with Crippen LogP contribution >= 0.6 is 0 Å². The van der Waals surface area contributed by atoms with E-state index < -0.39 is 0 Å². The summed E-state index contributed by atoms with van der Waals surface area (Å²) in [5.41, 5.74) is 3.54. The second kappa shape index (κ2) is 7.43. The van der Waals surface area contributed by atoms with Gasteiger partial charge in [0.1, 0.15) is 5.82 Å². The monoisotopic (exact) mass is 408 g/mol. The van der Waals surface area contributed by atoms with Crippen LogP contribution in [0.5, 0.6) is 11.5 Å². The first-order valence-corrected chi connectivity index (χ1v) is 10.4. The lowest BCUT2D eigenvalue weighted by molar-refractivity contribution is -0.113. The van der Waals surface area contributed by atoms with Crippen LogP contribution in [-0.4, -0.2) is 45.2 Å². The summed E-state index contributed by atoms with van der Waals surface area (Å²) in [4.78, 5) is 15.2. The smallest absolute Gasteiger partial charge is 0.163 e. The molecule has 2 saturated heterocycles. The number of rotatable bonds is 4. The second-order valence-corrected chi connectivity index (χ2v) is 8.20. The van der Waals surface area contributed by atoms with E-state index in [9.17, 15) is 4.79 Å². The molecule has 0 unspecified atom stereocenters. The summed E-state index contributed by atoms with van der Waals surface area (Å²) in [5.74, 6) is 0.866. The van der Waals surface area contributed by atoms with Crippen LogP contribution in [0.1, 0.15) is 29.5 Å². The normalized spacial score (nSPS) is 22.6. The van der Waals surface area contributed by atoms with Gasteiger partial charge in [0, 0.05) is 48.4 Å². The van der Waals surface area contributed by atoms with E-state index in [1.54, 1.807) is 38.5 Å². The van der Waals surface area contributed by atoms with Crippen molar-refractivity contribution in [3.8, 4) is 11.5 Å². The standard InChI is InChI=1S/C24H25FN2O3/c1-29-23-6-4-15(8-24(23)30-2)20-11-19-14(3-5-22(20)28)7-17(10-21(19)25)27-13-16-9-18(27)12-26-16/h4,6-8,10-11,16,18,26H,3,5,9,12-13H2,1-2H3/t16-,18-/m0/s1. The molecule has 0 spiro atoms. The number of aryl methyl sites for hydroxylation is 1. The number of ketones is 1. The molecule has 2 aliphatic heterocycles. The molecule has 2 aromatic carbocycles. The molecule has 6 heteroatoms. The highest BCUT2D eigenvalue weighted by molar-refractivity contribution is 6.26. The molecule has 156 valence electrons. The van der Waals surface area contributed by atoms with Gasteiger partial charge in [-0.3, -0.25) is 4.79 Å². The third-order valence-corrected chi connectivity index (χ3v) is 6.49. The number of ether oxygens (including phenoxy) is 2. The lowest BCUT2D eigenvalue weighted by Crippen LogP contribution is -2.43. The molecule has 0 amide bonds. The van der Waals surface area contributed by atoms with Gasteiger partial charge in [0.2, 0.25) is 0 Å². The van der Waals surface area contributed by atoms with E-state index in [0.717, 1.165) is 30.8 Å². The van der Waals surface area contributed by atoms with E-state index in [0.29, 0.717) is 53.1 Å². The molecule has 3 aliphatic rings. The third kappa shape index (κ3) is 3.16. The molecule has 2 aromatic rings. The maximum absolute atomic E-state index is 15.2. The minimum Gasteiger partial charge on any atom is -0.493 e. The lowest BCUT2D eigenvalue weighted by atomic mass is 9.98. The largest absolute Gasteiger partial charge is 0.493 e. The average Bonchev–Trinajstić information content (AvgIpc) is 3.35. The van der Waals surface area contributed by atoms with Crippen molar-refractivity contribution >= 4 is 23.1 Å². The quantitative estimate of drug-likeness (QED) is 0.840. The van der Waals surface area contributed by atoms with E-state index in [1.807, 2.05) is 6.07 Å². The summed E-state index contributed by atoms with van der Waals surface area (Å²) in [7, 11) is 3.13. The number of fused-ring (bicyclic) bond motifs is 3. The van der Waals surface area contributed by atoms with Gasteiger partial charge in [-0.25, -0.2) is 4.39 Å². The van der Waals surface area contributed by atoms with Gasteiger partial charge in [0.05, 0.1) is 14.2 Å². The molecule has 0 aromatic heterocycles. The molecule has 0 saturated carbocycles. The number of piperazine rings is 1. The van der Waals surface area contributed by atoms with E-state index in [1.165, 1.54) is 0 Å². The van der Waals surface area contributed by atoms with Crippen molar-refractivity contribution < 1.29 is 18.7 Å². The molecule has 2 atom stereocenters. The number of allylic oxidation sites excluding steroid dienone is 1. The van der Waals surface area contributed by atoms with E-state index >= 15 is 4.39 Å². The number of benzene rings is 2. The van der Waals surface area contributed by atoms with Gasteiger partial charge >= 0.3 is 0 Å². The second-order valence-electron chi connectivity index (χ2n) is 8.20. The predicted octanol–water partition coefficient (Wildman–Crippen LogP) is 3.45. The van der Waals surface area contributed by atoms with Crippen molar-refractivity contribution in [1.29, 1.82) is 0 Å². The number of hydrogen-bond acceptors (Lipinski definition) is 5. The zero-order valence-electron chi connectivity index (χ0n) is 17.2. The summed E-state index contributed by atoms with van der Waals surface area (Å²) in [6.07, 6.45) is 3.69. The highest BCUT2D eigenvalue weighted by Gasteiger charge is 2.38. The van der Waals surface area contributed by atoms with E-state index in [2.05, 4.69) is 16.3 Å². The van der Waals surface area contributed by atoms with Crippen LogP contribution in [0, 0.1) is 5.82 Å². The van der Waals surface area contributed by atoms with Crippen molar-refractivity contribution in [2.75, 3.05) is 32.2 Å². The molecule has 0 radical (unpaired) electrons. The predicted molar refractivity (Wildman–Crippen MR) is 115 cm³/mol. The molecule has 2 fully saturated rings. The van der Waals surface area contributed by atoms with Crippen molar-refractivity contribution in [1.82, 2.24) is 5.32 Å². The number of Topliss-reactive ketones (excluding diaryl/α,β-unsaturated/α-hetero) is 1. The van der Waals surface area contributed by atoms with Gasteiger partial charge in [0.25, 0.3) is 0 Å². The number of halogens is 1. The number of anilines is 1. The Kier molecular flexibility index (Phi) is 4.74. The Morgan fingerprint density at radius 2 is 1.93 bits per heavy atom. The van der Waals surface area contributed by atoms with Crippen molar-refractivity contribution in [2.45, 2.75) is 31.3 Å². The molecule has 30 heavy (non-hydrogen) atoms. The fraction of sp³-hybridized carbons (Fsp3) is 0.375. The number of carbonyl (C=O) groups is 1. The fourth-order valence-electron chi connectivity index (χ4n) is 4.93. The van der Waals surface area contributed by atoms with Crippen molar-refractivity contribution in [2.24, 2.45) is 0 Å². The summed E-state index contributed by atoms with van der Waals surface area (Å²) in [6.45, 7) is 1.86. The summed E-state index contributed by atoms with van der Waals surface area (Å²) < 4.78 is 25.9. The van der Waals surface area contributed by atoms with Gasteiger partial charge in [-0.15, -0.1) is 0 Å². The summed E-state index contributed by atoms with van der Waals surface area (Å²) in [5, 5.41) is 3.48. The Morgan fingerprint density at radius 1 is 1.10 bits per heavy atom. The van der Waals surface area contributed by atoms with Crippen LogP contribution in [0.2, 0.25) is 0 Å². The lowest BCUT2D eigenvalue weighted by Gasteiger charge is -2.30. The first kappa shape index (κ1) is 19.1. The van der Waals surface area contributed by atoms with Crippen LogP contribution in [0.15, 0.2) is 30.3 Å². The number of hydrogen-bond donors (Lipinski definition) is 1. The first-order chi connectivity index (χ1) is 14.6. The van der Waals surface area contributed by atoms with Crippen molar-refractivity contribution in [3.63, 3.8) is 0 Å². The molecule has 1 N–H and O–H groups in total. The Morgan fingerprint density at radius 3 is 2.63 bits per heavy atom. The topological polar surface area (TPSA) is 50.8 Å². The molecule has 2 heterocycles. The molecular weight excluding hydrogens is 383 g/mol. The average molecular weight is 408 g/mol. The highest BCUT2D eigenvalue weighted by Crippen LogP contribution is 2.37. The molecule has 5 nitrogen and oxygen atoms in total. The van der Waals surface area contributed by atoms with Crippen LogP contribution in [0.25, 0.3) is 11.6 Å². The molecule has 2 bridgehead atoms. The molecule has 1 aliphatic carbocycles. The maximum atomic E-state index is 15.2. The minimum absolute atomic E-state index is 0.00352. The zero-order chi connectivity index (χ0) is 20.8. The van der Waals surface area contributed by atoms with Gasteiger partial charge < -0.3 is 19.7 Å². The van der Waals surface area contributed by atoms with Crippen LogP contribution in [-0.2, 0) is 11.2 Å². The Bertz CT molecular complexity index is 1050. The van der Waals surface area contributed by atoms with Crippen LogP contribution in [0.3, 0.4) is 0 Å². The minimum atomic E-state index is -0.272. The number of methoxy groups -OCH3 is 2. The van der Waals surface area contributed by atoms with Crippen LogP contribution in [0.4, 0.5) is 10.1 Å². The van der Waals surface area contributed by atoms with Gasteiger partial charge in [-0.05, 0) is 54.3 Å². The first-order valence-electron chi connectivity index (χ1n) is 10.4. The molecule has 5 rings (SSSR count). The SMILES string of the molecule is COc1ccc(C2=Cc3c(F)cc(N4C[C@@H]5C[C@H]4CN5)cc3CCC2=O)cc1OC. The van der Waals surface area contributed by atoms with Gasteiger partial charge in [0.15, 0.2) is 17.3 Å². The Labute approximate surface area is 175 Å². The third-order valence-electron chi connectivity index (χ3n) is 6.49. The van der Waals surface area contributed by atoms with E-state index in [-0.39, 0.29) is 11.6 Å². The zero-order valence-corrected chi connectivity index (χ0v) is 17.2. The fourth-order valence-corrected chi connectivity index (χ4v) is 4.93. The highest BCUT2D eigenvalue weighted by atomic mass is 19.1.